The zero-order chi connectivity index (χ0) is 21.1. The summed E-state index contributed by atoms with van der Waals surface area (Å²) in [5.74, 6) is -0.607. The highest BCUT2D eigenvalue weighted by atomic mass is 16.4. The van der Waals surface area contributed by atoms with Crippen molar-refractivity contribution in [3.8, 4) is 6.07 Å². The number of nitrogens with zero attached hydrogens (tertiary/aromatic N) is 1. The monoisotopic (exact) mass is 382 g/mol. The molecule has 3 N–H and O–H groups in total. The number of amides is 1. The average Bonchev–Trinajstić information content (AvgIpc) is 2.67. The molecule has 0 aliphatic carbocycles. The van der Waals surface area contributed by atoms with Crippen LogP contribution in [0.2, 0.25) is 0 Å². The van der Waals surface area contributed by atoms with Crippen molar-refractivity contribution < 1.29 is 19.8 Å². The largest absolute Gasteiger partial charge is 0.478 e. The van der Waals surface area contributed by atoms with Crippen LogP contribution in [0.25, 0.3) is 0 Å². The third-order valence-electron chi connectivity index (χ3n) is 3.87. The van der Waals surface area contributed by atoms with Crippen LogP contribution in [0.3, 0.4) is 0 Å². The van der Waals surface area contributed by atoms with E-state index in [9.17, 15) is 9.59 Å². The van der Waals surface area contributed by atoms with E-state index in [-0.39, 0.29) is 24.1 Å². The summed E-state index contributed by atoms with van der Waals surface area (Å²) in [4.78, 5) is 22.3. The summed E-state index contributed by atoms with van der Waals surface area (Å²) in [5.41, 5.74) is 2.52. The molecule has 0 aromatic heterocycles. The molecule has 0 saturated carbocycles. The van der Waals surface area contributed by atoms with Gasteiger partial charge in [0.25, 0.3) is 0 Å². The maximum atomic E-state index is 11.6. The maximum Gasteiger partial charge on any atom is 0.335 e. The van der Waals surface area contributed by atoms with Gasteiger partial charge in [0, 0.05) is 6.42 Å². The Morgan fingerprint density at radius 3 is 2.25 bits per heavy atom. The Morgan fingerprint density at radius 2 is 1.75 bits per heavy atom. The van der Waals surface area contributed by atoms with Gasteiger partial charge in [-0.2, -0.15) is 5.26 Å². The molecule has 0 saturated heterocycles. The molecule has 0 bridgehead atoms. The molecule has 0 fully saturated rings. The molecule has 2 aromatic carbocycles. The number of nitriles is 1. The van der Waals surface area contributed by atoms with E-state index in [1.807, 2.05) is 26.8 Å². The van der Waals surface area contributed by atoms with E-state index in [0.29, 0.717) is 17.9 Å². The third kappa shape index (κ3) is 8.02. The number of benzene rings is 2. The Hall–Kier alpha value is -3.17. The van der Waals surface area contributed by atoms with Crippen LogP contribution in [0, 0.1) is 17.2 Å². The molecule has 0 aliphatic rings. The van der Waals surface area contributed by atoms with Crippen LogP contribution in [0.15, 0.2) is 48.5 Å². The SMILES string of the molecule is CC(C)CC(=O)NC(C)c1ccc(C(=O)O)cc1.N#Cc1cccc(CO)c1. The molecule has 0 spiro atoms. The van der Waals surface area contributed by atoms with E-state index in [2.05, 4.69) is 5.32 Å². The topological polar surface area (TPSA) is 110 Å². The van der Waals surface area contributed by atoms with E-state index < -0.39 is 5.97 Å². The first-order valence-corrected chi connectivity index (χ1v) is 8.99. The van der Waals surface area contributed by atoms with E-state index in [0.717, 1.165) is 11.1 Å². The van der Waals surface area contributed by atoms with Crippen molar-refractivity contribution >= 4 is 11.9 Å². The molecular weight excluding hydrogens is 356 g/mol. The van der Waals surface area contributed by atoms with Crippen molar-refractivity contribution in [2.45, 2.75) is 39.8 Å². The summed E-state index contributed by atoms with van der Waals surface area (Å²) in [6.07, 6.45) is 0.498. The summed E-state index contributed by atoms with van der Waals surface area (Å²) in [6, 6.07) is 15.3. The number of aliphatic hydroxyl groups is 1. The first-order chi connectivity index (χ1) is 13.3. The van der Waals surface area contributed by atoms with Crippen LogP contribution in [0.4, 0.5) is 0 Å². The highest BCUT2D eigenvalue weighted by Crippen LogP contribution is 2.14. The summed E-state index contributed by atoms with van der Waals surface area (Å²) < 4.78 is 0. The summed E-state index contributed by atoms with van der Waals surface area (Å²) >= 11 is 0. The standard InChI is InChI=1S/C14H19NO3.C8H7NO/c1-9(2)8-13(16)15-10(3)11-4-6-12(7-5-11)14(17)18;9-5-7-2-1-3-8(4-7)6-10/h4-7,9-10H,8H2,1-3H3,(H,15,16)(H,17,18);1-4,10H,6H2. The highest BCUT2D eigenvalue weighted by molar-refractivity contribution is 5.87. The Balaban J connectivity index is 0.000000330. The number of hydrogen-bond donors (Lipinski definition) is 3. The molecule has 2 aromatic rings. The number of rotatable bonds is 6. The van der Waals surface area contributed by atoms with E-state index in [4.69, 9.17) is 15.5 Å². The lowest BCUT2D eigenvalue weighted by atomic mass is 10.1. The molecule has 28 heavy (non-hydrogen) atoms. The number of carbonyl (C=O) groups excluding carboxylic acids is 1. The zero-order valence-corrected chi connectivity index (χ0v) is 16.3. The number of carbonyl (C=O) groups is 2. The van der Waals surface area contributed by atoms with Crippen LogP contribution < -0.4 is 5.32 Å². The first-order valence-electron chi connectivity index (χ1n) is 8.99. The van der Waals surface area contributed by atoms with Gasteiger partial charge in [0.15, 0.2) is 0 Å². The van der Waals surface area contributed by atoms with Gasteiger partial charge in [0.1, 0.15) is 0 Å². The van der Waals surface area contributed by atoms with Crippen LogP contribution in [-0.4, -0.2) is 22.1 Å². The lowest BCUT2D eigenvalue weighted by molar-refractivity contribution is -0.122. The number of carboxylic acid groups (broad SMARTS) is 1. The van der Waals surface area contributed by atoms with Gasteiger partial charge in [0.05, 0.1) is 29.8 Å². The molecule has 148 valence electrons. The first kappa shape index (κ1) is 22.9. The second-order valence-electron chi connectivity index (χ2n) is 6.78. The van der Waals surface area contributed by atoms with Gasteiger partial charge in [-0.3, -0.25) is 4.79 Å². The summed E-state index contributed by atoms with van der Waals surface area (Å²) in [5, 5.41) is 28.8. The number of nitrogens with one attached hydrogen (secondary N) is 1. The van der Waals surface area contributed by atoms with Crippen LogP contribution in [-0.2, 0) is 11.4 Å². The minimum atomic E-state index is -0.946. The van der Waals surface area contributed by atoms with Crippen LogP contribution in [0.5, 0.6) is 0 Å². The van der Waals surface area contributed by atoms with Gasteiger partial charge in [-0.15, -0.1) is 0 Å². The third-order valence-corrected chi connectivity index (χ3v) is 3.87. The van der Waals surface area contributed by atoms with E-state index >= 15 is 0 Å². The Morgan fingerprint density at radius 1 is 1.11 bits per heavy atom. The molecular formula is C22H26N2O4. The second kappa shape index (κ2) is 11.5. The van der Waals surface area contributed by atoms with Crippen molar-refractivity contribution in [1.29, 1.82) is 5.26 Å². The summed E-state index contributed by atoms with van der Waals surface area (Å²) in [7, 11) is 0. The fourth-order valence-electron chi connectivity index (χ4n) is 2.41. The minimum absolute atomic E-state index is 0.00444. The molecule has 1 atom stereocenters. The normalized spacial score (nSPS) is 11.0. The molecule has 0 heterocycles. The quantitative estimate of drug-likeness (QED) is 0.706. The van der Waals surface area contributed by atoms with Crippen molar-refractivity contribution in [2.75, 3.05) is 0 Å². The van der Waals surface area contributed by atoms with Crippen LogP contribution >= 0.6 is 0 Å². The van der Waals surface area contributed by atoms with Crippen molar-refractivity contribution in [1.82, 2.24) is 5.32 Å². The van der Waals surface area contributed by atoms with Crippen molar-refractivity contribution in [2.24, 2.45) is 5.92 Å². The molecule has 1 unspecified atom stereocenters. The highest BCUT2D eigenvalue weighted by Gasteiger charge is 2.11. The Kier molecular flexibility index (Phi) is 9.41. The Labute approximate surface area is 165 Å². The Bertz CT molecular complexity index is 823. The smallest absolute Gasteiger partial charge is 0.335 e. The average molecular weight is 382 g/mol. The van der Waals surface area contributed by atoms with Crippen molar-refractivity contribution in [3.05, 3.63) is 70.8 Å². The van der Waals surface area contributed by atoms with Gasteiger partial charge in [-0.25, -0.2) is 4.79 Å². The predicted octanol–water partition coefficient (Wildman–Crippen LogP) is 3.66. The number of aromatic carboxylic acids is 1. The molecule has 0 aliphatic heterocycles. The van der Waals surface area contributed by atoms with E-state index in [1.165, 1.54) is 0 Å². The lowest BCUT2D eigenvalue weighted by Crippen LogP contribution is -2.27. The van der Waals surface area contributed by atoms with Gasteiger partial charge < -0.3 is 15.5 Å². The summed E-state index contributed by atoms with van der Waals surface area (Å²) in [6.45, 7) is 5.86. The van der Waals surface area contributed by atoms with Crippen molar-refractivity contribution in [3.63, 3.8) is 0 Å². The molecule has 2 rings (SSSR count). The van der Waals surface area contributed by atoms with Crippen LogP contribution in [0.1, 0.15) is 60.3 Å². The lowest BCUT2D eigenvalue weighted by Gasteiger charge is -2.15. The fourth-order valence-corrected chi connectivity index (χ4v) is 2.41. The zero-order valence-electron chi connectivity index (χ0n) is 16.3. The van der Waals surface area contributed by atoms with Gasteiger partial charge >= 0.3 is 5.97 Å². The molecule has 0 radical (unpaired) electrons. The minimum Gasteiger partial charge on any atom is -0.478 e. The number of hydrogen-bond acceptors (Lipinski definition) is 4. The van der Waals surface area contributed by atoms with Gasteiger partial charge in [-0.05, 0) is 48.2 Å². The fraction of sp³-hybridized carbons (Fsp3) is 0.318. The second-order valence-corrected chi connectivity index (χ2v) is 6.78. The molecule has 1 amide bonds. The molecule has 6 nitrogen and oxygen atoms in total. The molecule has 6 heteroatoms. The maximum absolute atomic E-state index is 11.6. The number of aliphatic hydroxyl groups excluding tert-OH is 1. The predicted molar refractivity (Wildman–Crippen MR) is 106 cm³/mol. The van der Waals surface area contributed by atoms with E-state index in [1.54, 1.807) is 48.5 Å². The van der Waals surface area contributed by atoms with Gasteiger partial charge in [0.2, 0.25) is 5.91 Å². The number of carboxylic acids is 1. The van der Waals surface area contributed by atoms with Gasteiger partial charge in [-0.1, -0.05) is 38.1 Å².